The van der Waals surface area contributed by atoms with E-state index in [4.69, 9.17) is 16.3 Å². The van der Waals surface area contributed by atoms with Crippen LogP contribution < -0.4 is 9.64 Å². The zero-order valence-electron chi connectivity index (χ0n) is 19.6. The first-order valence-corrected chi connectivity index (χ1v) is 13.9. The second kappa shape index (κ2) is 9.78. The lowest BCUT2D eigenvalue weighted by atomic mass is 10.2. The molecular weight excluding hydrogens is 520 g/mol. The number of methoxy groups -OCH3 is 1. The quantitative estimate of drug-likeness (QED) is 0.312. The van der Waals surface area contributed by atoms with Crippen molar-refractivity contribution in [3.8, 4) is 5.75 Å². The summed E-state index contributed by atoms with van der Waals surface area (Å²) >= 11 is 7.69. The number of ether oxygens (including phenoxy) is 1. The van der Waals surface area contributed by atoms with Crippen molar-refractivity contribution < 1.29 is 17.9 Å². The van der Waals surface area contributed by atoms with Crippen LogP contribution in [0.15, 0.2) is 65.7 Å². The highest BCUT2D eigenvalue weighted by molar-refractivity contribution is 7.89. The van der Waals surface area contributed by atoms with Crippen LogP contribution in [-0.4, -0.2) is 48.8 Å². The first kappa shape index (κ1) is 24.6. The molecule has 186 valence electrons. The minimum absolute atomic E-state index is 0.0491. The van der Waals surface area contributed by atoms with Gasteiger partial charge in [-0.05, 0) is 61.4 Å². The second-order valence-electron chi connectivity index (χ2n) is 8.41. The topological polar surface area (TPSA) is 92.7 Å². The largest absolute Gasteiger partial charge is 0.494 e. The Bertz CT molecular complexity index is 1520. The average molecular weight is 543 g/mol. The predicted octanol–water partition coefficient (Wildman–Crippen LogP) is 4.98. The summed E-state index contributed by atoms with van der Waals surface area (Å²) in [5.41, 5.74) is 1.57. The van der Waals surface area contributed by atoms with Crippen LogP contribution in [0.3, 0.4) is 0 Å². The summed E-state index contributed by atoms with van der Waals surface area (Å²) < 4.78 is 33.3. The van der Waals surface area contributed by atoms with Crippen molar-refractivity contribution in [1.29, 1.82) is 0 Å². The molecule has 0 bridgehead atoms. The van der Waals surface area contributed by atoms with E-state index in [1.54, 1.807) is 38.6 Å². The summed E-state index contributed by atoms with van der Waals surface area (Å²) in [6.45, 7) is 0.171. The van der Waals surface area contributed by atoms with Gasteiger partial charge in [0.25, 0.3) is 5.91 Å². The fraction of sp³-hybridized carbons (Fsp3) is 0.240. The number of carbonyl (C=O) groups is 1. The lowest BCUT2D eigenvalue weighted by Gasteiger charge is -2.20. The third-order valence-corrected chi connectivity index (χ3v) is 9.49. The maximum atomic E-state index is 13.7. The van der Waals surface area contributed by atoms with Gasteiger partial charge in [-0.15, -0.1) is 0 Å². The van der Waals surface area contributed by atoms with E-state index < -0.39 is 10.0 Å². The van der Waals surface area contributed by atoms with Gasteiger partial charge in [0.2, 0.25) is 10.0 Å². The van der Waals surface area contributed by atoms with Crippen LogP contribution in [0.25, 0.3) is 10.2 Å². The molecule has 2 aromatic heterocycles. The Labute approximate surface area is 218 Å². The Morgan fingerprint density at radius 2 is 1.89 bits per heavy atom. The number of sulfonamides is 1. The van der Waals surface area contributed by atoms with E-state index in [2.05, 4.69) is 9.97 Å². The summed E-state index contributed by atoms with van der Waals surface area (Å²) in [5.74, 6) is 0.214. The predicted molar refractivity (Wildman–Crippen MR) is 140 cm³/mol. The molecule has 0 spiro atoms. The number of carbonyl (C=O) groups excluding carboxylic acids is 1. The third kappa shape index (κ3) is 4.69. The van der Waals surface area contributed by atoms with Gasteiger partial charge in [0.05, 0.1) is 34.0 Å². The summed E-state index contributed by atoms with van der Waals surface area (Å²) in [6.07, 6.45) is 3.39. The van der Waals surface area contributed by atoms with Gasteiger partial charge in [-0.25, -0.2) is 13.4 Å². The molecule has 2 aromatic carbocycles. The number of halogens is 1. The van der Waals surface area contributed by atoms with Crippen molar-refractivity contribution in [1.82, 2.24) is 14.3 Å². The molecule has 1 fully saturated rings. The van der Waals surface area contributed by atoms with Crippen LogP contribution in [0, 0.1) is 0 Å². The maximum Gasteiger partial charge on any atom is 0.260 e. The van der Waals surface area contributed by atoms with E-state index in [-0.39, 0.29) is 23.4 Å². The molecule has 0 aliphatic heterocycles. The van der Waals surface area contributed by atoms with Gasteiger partial charge in [0, 0.05) is 24.8 Å². The number of amides is 1. The molecule has 0 saturated heterocycles. The molecule has 11 heteroatoms. The SMILES string of the molecule is COc1ccc(Cl)c2sc(N(Cc3ccccn3)C(=O)c3ccc(S(=O)(=O)N(C)C4CC4)cc3)nc12. The van der Waals surface area contributed by atoms with E-state index in [1.807, 2.05) is 12.1 Å². The molecule has 1 saturated carbocycles. The minimum Gasteiger partial charge on any atom is -0.494 e. The van der Waals surface area contributed by atoms with Crippen LogP contribution >= 0.6 is 22.9 Å². The molecule has 0 atom stereocenters. The van der Waals surface area contributed by atoms with Crippen LogP contribution in [0.4, 0.5) is 5.13 Å². The molecule has 1 aliphatic carbocycles. The molecule has 1 aliphatic rings. The van der Waals surface area contributed by atoms with Gasteiger partial charge < -0.3 is 4.74 Å². The van der Waals surface area contributed by atoms with Crippen molar-refractivity contribution in [3.63, 3.8) is 0 Å². The molecule has 0 unspecified atom stereocenters. The molecule has 36 heavy (non-hydrogen) atoms. The fourth-order valence-electron chi connectivity index (χ4n) is 3.83. The standard InChI is InChI=1S/C25H23ClN4O4S2/c1-29(18-8-9-18)36(32,33)19-10-6-16(7-11-19)24(31)30(15-17-5-3-4-14-27-17)25-28-22-21(34-2)13-12-20(26)23(22)35-25/h3-7,10-14,18H,8-9,15H2,1-2H3. The van der Waals surface area contributed by atoms with E-state index in [1.165, 1.54) is 44.8 Å². The molecule has 5 rings (SSSR count). The Kier molecular flexibility index (Phi) is 6.69. The number of hydrogen-bond donors (Lipinski definition) is 0. The number of anilines is 1. The van der Waals surface area contributed by atoms with Crippen molar-refractivity contribution >= 4 is 54.2 Å². The van der Waals surface area contributed by atoms with Gasteiger partial charge in [-0.1, -0.05) is 29.0 Å². The number of nitrogens with zero attached hydrogens (tertiary/aromatic N) is 4. The monoisotopic (exact) mass is 542 g/mol. The van der Waals surface area contributed by atoms with Crippen LogP contribution in [0.1, 0.15) is 28.9 Å². The highest BCUT2D eigenvalue weighted by Gasteiger charge is 2.35. The van der Waals surface area contributed by atoms with Crippen LogP contribution in [0.2, 0.25) is 5.02 Å². The molecular formula is C25H23ClN4O4S2. The Morgan fingerprint density at radius 3 is 2.53 bits per heavy atom. The van der Waals surface area contributed by atoms with Gasteiger partial charge in [0.1, 0.15) is 11.3 Å². The molecule has 8 nitrogen and oxygen atoms in total. The summed E-state index contributed by atoms with van der Waals surface area (Å²) in [5, 5.41) is 0.936. The number of pyridine rings is 1. The maximum absolute atomic E-state index is 13.7. The van der Waals surface area contributed by atoms with Gasteiger partial charge in [0.15, 0.2) is 5.13 Å². The van der Waals surface area contributed by atoms with Crippen LogP contribution in [0.5, 0.6) is 5.75 Å². The van der Waals surface area contributed by atoms with Crippen molar-refractivity contribution in [2.75, 3.05) is 19.1 Å². The summed E-state index contributed by atoms with van der Waals surface area (Å²) in [7, 11) is -0.469. The molecule has 2 heterocycles. The van der Waals surface area contributed by atoms with Crippen molar-refractivity contribution in [2.24, 2.45) is 0 Å². The molecule has 4 aromatic rings. The van der Waals surface area contributed by atoms with Crippen LogP contribution in [-0.2, 0) is 16.6 Å². The third-order valence-electron chi connectivity index (χ3n) is 6.03. The Morgan fingerprint density at radius 1 is 1.14 bits per heavy atom. The summed E-state index contributed by atoms with van der Waals surface area (Å²) in [4.78, 5) is 24.4. The number of fused-ring (bicyclic) bond motifs is 1. The van der Waals surface area contributed by atoms with E-state index in [0.29, 0.717) is 37.4 Å². The zero-order valence-corrected chi connectivity index (χ0v) is 22.0. The minimum atomic E-state index is -3.61. The highest BCUT2D eigenvalue weighted by atomic mass is 35.5. The second-order valence-corrected chi connectivity index (χ2v) is 11.8. The normalized spacial score (nSPS) is 13.8. The number of benzene rings is 2. The van der Waals surface area contributed by atoms with Gasteiger partial charge in [-0.2, -0.15) is 4.31 Å². The number of aromatic nitrogens is 2. The van der Waals surface area contributed by atoms with Crippen molar-refractivity contribution in [3.05, 3.63) is 77.1 Å². The van der Waals surface area contributed by atoms with Crippen molar-refractivity contribution in [2.45, 2.75) is 30.3 Å². The number of thiazole rings is 1. The first-order chi connectivity index (χ1) is 17.3. The number of rotatable bonds is 8. The zero-order chi connectivity index (χ0) is 25.4. The fourth-order valence-corrected chi connectivity index (χ4v) is 6.50. The first-order valence-electron chi connectivity index (χ1n) is 11.2. The molecule has 1 amide bonds. The lowest BCUT2D eigenvalue weighted by molar-refractivity contribution is 0.0984. The number of hydrogen-bond acceptors (Lipinski definition) is 7. The Hall–Kier alpha value is -3.05. The molecule has 0 radical (unpaired) electrons. The van der Waals surface area contributed by atoms with E-state index >= 15 is 0 Å². The average Bonchev–Trinajstić information content (AvgIpc) is 3.65. The smallest absolute Gasteiger partial charge is 0.260 e. The Balaban J connectivity index is 1.52. The van der Waals surface area contributed by atoms with Gasteiger partial charge in [-0.3, -0.25) is 14.7 Å². The van der Waals surface area contributed by atoms with Gasteiger partial charge >= 0.3 is 0 Å². The molecule has 0 N–H and O–H groups in total. The lowest BCUT2D eigenvalue weighted by Crippen LogP contribution is -2.31. The summed E-state index contributed by atoms with van der Waals surface area (Å²) in [6, 6.07) is 15.0. The van der Waals surface area contributed by atoms with E-state index in [0.717, 1.165) is 12.8 Å². The van der Waals surface area contributed by atoms with E-state index in [9.17, 15) is 13.2 Å². The highest BCUT2D eigenvalue weighted by Crippen LogP contribution is 2.39.